The third-order valence-corrected chi connectivity index (χ3v) is 5.77. The molecule has 1 rings (SSSR count). The minimum atomic E-state index is -0.594. The highest BCUT2D eigenvalue weighted by molar-refractivity contribution is 6.20. The van der Waals surface area contributed by atoms with Gasteiger partial charge in [-0.3, -0.25) is 29.3 Å². The molecule has 0 saturated carbocycles. The molecule has 1 saturated heterocycles. The zero-order chi connectivity index (χ0) is 27.8. The number of ketones is 1. The first-order valence-corrected chi connectivity index (χ1v) is 12.4. The number of hydrogen-bond acceptors (Lipinski definition) is 8. The third kappa shape index (κ3) is 12.1. The first-order chi connectivity index (χ1) is 17.7. The van der Waals surface area contributed by atoms with Gasteiger partial charge in [-0.2, -0.15) is 0 Å². The van der Waals surface area contributed by atoms with Crippen LogP contribution in [0.4, 0.5) is 0 Å². The van der Waals surface area contributed by atoms with E-state index in [1.54, 1.807) is 11.9 Å². The normalized spacial score (nSPS) is 16.3. The zero-order valence-corrected chi connectivity index (χ0v) is 21.9. The molecule has 1 fully saturated rings. The van der Waals surface area contributed by atoms with E-state index in [2.05, 4.69) is 10.6 Å². The number of likely N-dealkylation sites (N-methyl/N-ethyl adjacent to an activating group) is 1. The van der Waals surface area contributed by atoms with Crippen molar-refractivity contribution in [3.05, 3.63) is 0 Å². The van der Waals surface area contributed by atoms with Gasteiger partial charge in [0.05, 0.1) is 49.8 Å². The quantitative estimate of drug-likeness (QED) is 0.232. The Morgan fingerprint density at radius 2 is 1.43 bits per heavy atom. The molecule has 1 heterocycles. The van der Waals surface area contributed by atoms with Crippen LogP contribution >= 0.6 is 0 Å². The van der Waals surface area contributed by atoms with Crippen LogP contribution in [-0.2, 0) is 28.7 Å². The van der Waals surface area contributed by atoms with E-state index in [4.69, 9.17) is 28.3 Å². The van der Waals surface area contributed by atoms with E-state index in [0.717, 1.165) is 0 Å². The molecule has 1 aliphatic heterocycles. The Morgan fingerprint density at radius 1 is 0.838 bits per heavy atom. The van der Waals surface area contributed by atoms with Crippen LogP contribution in [0.5, 0.6) is 0 Å². The Balaban J connectivity index is 2.84. The second kappa shape index (κ2) is 18.0. The van der Waals surface area contributed by atoms with E-state index in [0.29, 0.717) is 19.6 Å². The van der Waals surface area contributed by atoms with Crippen molar-refractivity contribution in [1.82, 2.24) is 30.2 Å². The zero-order valence-electron chi connectivity index (χ0n) is 21.9. The summed E-state index contributed by atoms with van der Waals surface area (Å²) in [5.74, 6) is -1.44. The number of rotatable bonds is 14. The average molecular weight is 514 g/mol. The maximum atomic E-state index is 13.0. The van der Waals surface area contributed by atoms with E-state index in [-0.39, 0.29) is 101 Å². The maximum absolute atomic E-state index is 13.0. The molecule has 1 aliphatic rings. The van der Waals surface area contributed by atoms with Crippen LogP contribution in [0.25, 0.3) is 0 Å². The van der Waals surface area contributed by atoms with Crippen LogP contribution < -0.4 is 10.6 Å². The summed E-state index contributed by atoms with van der Waals surface area (Å²) in [5, 5.41) is 6.09. The monoisotopic (exact) mass is 514 g/mol. The van der Waals surface area contributed by atoms with Crippen LogP contribution in [0.15, 0.2) is 0 Å². The maximum Gasteiger partial charge on any atom is 0.242 e. The Kier molecular flexibility index (Phi) is 15.9. The molecule has 0 aliphatic carbocycles. The Morgan fingerprint density at radius 3 is 2.00 bits per heavy atom. The summed E-state index contributed by atoms with van der Waals surface area (Å²) in [6.45, 7) is 3.64. The molecule has 2 N–H and O–H groups in total. The molecule has 12 nitrogen and oxygen atoms in total. The van der Waals surface area contributed by atoms with Gasteiger partial charge in [0, 0.05) is 45.8 Å². The molecule has 1 unspecified atom stereocenters. The number of hydrogen-bond donors (Lipinski definition) is 2. The van der Waals surface area contributed by atoms with Crippen molar-refractivity contribution in [2.45, 2.75) is 32.1 Å². The molecule has 0 bridgehead atoms. The summed E-state index contributed by atoms with van der Waals surface area (Å²) in [5.41, 5.74) is 0. The van der Waals surface area contributed by atoms with E-state index in [9.17, 15) is 24.0 Å². The lowest BCUT2D eigenvalue weighted by Gasteiger charge is -2.29. The lowest BCUT2D eigenvalue weighted by Crippen LogP contribution is -2.49. The molecular formula is C22H37B3N6O6. The fourth-order valence-electron chi connectivity index (χ4n) is 3.71. The Bertz CT molecular complexity index is 777. The molecular weight excluding hydrogens is 477 g/mol. The number of amides is 4. The minimum absolute atomic E-state index is 0.0455. The minimum Gasteiger partial charge on any atom is -0.360 e. The largest absolute Gasteiger partial charge is 0.360 e. The number of carbonyl (C=O) groups is 5. The number of nitrogens with zero attached hydrogens (tertiary/aromatic N) is 4. The van der Waals surface area contributed by atoms with E-state index < -0.39 is 6.23 Å². The van der Waals surface area contributed by atoms with Crippen molar-refractivity contribution in [1.29, 1.82) is 0 Å². The SMILES string of the molecule is [B]CC(=O)N(CCNC1CN(C(=O)C[B])CCN(C(=O)CN(CCNC)C(=O)C[B])CCO1)CC(C)=O. The van der Waals surface area contributed by atoms with E-state index in [1.165, 1.54) is 21.6 Å². The smallest absolute Gasteiger partial charge is 0.242 e. The molecule has 0 aromatic rings. The van der Waals surface area contributed by atoms with Crippen LogP contribution in [0.3, 0.4) is 0 Å². The van der Waals surface area contributed by atoms with Gasteiger partial charge < -0.3 is 29.7 Å². The fraction of sp³-hybridized carbons (Fsp3) is 0.773. The molecule has 4 amide bonds. The summed E-state index contributed by atoms with van der Waals surface area (Å²) in [7, 11) is 18.3. The standard InChI is InChI=1S/C22H37B3N6O6/c1-17(32)14-29(19(33)11-23)6-4-27-18-15-31(21(35)13-25)8-7-28(9-10-37-18)22(36)16-30(5-3-26-2)20(34)12-24/h18,26-27H,3-16H2,1-2H3. The number of Topliss-reactive ketones (excluding diaryl/α,β-unsaturated/α-hetero) is 1. The van der Waals surface area contributed by atoms with Gasteiger partial charge >= 0.3 is 0 Å². The van der Waals surface area contributed by atoms with Crippen molar-refractivity contribution < 1.29 is 28.7 Å². The first-order valence-electron chi connectivity index (χ1n) is 12.4. The Labute approximate surface area is 223 Å². The summed E-state index contributed by atoms with van der Waals surface area (Å²) in [4.78, 5) is 66.9. The van der Waals surface area contributed by atoms with Gasteiger partial charge in [0.1, 0.15) is 12.0 Å². The second-order valence-electron chi connectivity index (χ2n) is 8.58. The predicted molar refractivity (Wildman–Crippen MR) is 140 cm³/mol. The van der Waals surface area contributed by atoms with Crippen molar-refractivity contribution in [2.24, 2.45) is 0 Å². The first kappa shape index (κ1) is 32.7. The second-order valence-corrected chi connectivity index (χ2v) is 8.58. The predicted octanol–water partition coefficient (Wildman–Crippen LogP) is -3.18. The molecule has 37 heavy (non-hydrogen) atoms. The van der Waals surface area contributed by atoms with E-state index in [1.807, 2.05) is 0 Å². The Hall–Kier alpha value is -2.38. The summed E-state index contributed by atoms with van der Waals surface area (Å²) >= 11 is 0. The lowest BCUT2D eigenvalue weighted by molar-refractivity contribution is -0.140. The molecule has 200 valence electrons. The van der Waals surface area contributed by atoms with Gasteiger partial charge in [0.15, 0.2) is 0 Å². The molecule has 0 aromatic carbocycles. The molecule has 1 atom stereocenters. The van der Waals surface area contributed by atoms with Crippen LogP contribution in [0.2, 0.25) is 19.0 Å². The topological polar surface area (TPSA) is 132 Å². The van der Waals surface area contributed by atoms with Crippen LogP contribution in [0.1, 0.15) is 6.92 Å². The number of carbonyl (C=O) groups excluding carboxylic acids is 5. The van der Waals surface area contributed by atoms with Gasteiger partial charge in [-0.05, 0) is 32.9 Å². The highest BCUT2D eigenvalue weighted by Crippen LogP contribution is 2.06. The van der Waals surface area contributed by atoms with E-state index >= 15 is 0 Å². The highest BCUT2D eigenvalue weighted by Gasteiger charge is 2.25. The lowest BCUT2D eigenvalue weighted by atomic mass is 10.0. The van der Waals surface area contributed by atoms with Crippen molar-refractivity contribution in [3.63, 3.8) is 0 Å². The average Bonchev–Trinajstić information content (AvgIpc) is 2.99. The number of ether oxygens (including phenoxy) is 1. The van der Waals surface area contributed by atoms with Gasteiger partial charge in [0.25, 0.3) is 0 Å². The summed E-state index contributed by atoms with van der Waals surface area (Å²) in [6.07, 6.45) is -1.21. The molecule has 0 spiro atoms. The van der Waals surface area contributed by atoms with Crippen molar-refractivity contribution in [3.8, 4) is 0 Å². The summed E-state index contributed by atoms with van der Waals surface area (Å²) < 4.78 is 5.91. The van der Waals surface area contributed by atoms with Gasteiger partial charge in [0.2, 0.25) is 23.6 Å². The fourth-order valence-corrected chi connectivity index (χ4v) is 3.71. The van der Waals surface area contributed by atoms with Crippen LogP contribution in [-0.4, -0.2) is 158 Å². The highest BCUT2D eigenvalue weighted by atomic mass is 16.5. The molecule has 15 heteroatoms. The molecule has 0 aromatic heterocycles. The van der Waals surface area contributed by atoms with Crippen LogP contribution in [0, 0.1) is 0 Å². The number of nitrogens with one attached hydrogen (secondary N) is 2. The van der Waals surface area contributed by atoms with Crippen molar-refractivity contribution in [2.75, 3.05) is 79.1 Å². The van der Waals surface area contributed by atoms with Gasteiger partial charge in [-0.15, -0.1) is 0 Å². The van der Waals surface area contributed by atoms with Gasteiger partial charge in [-0.25, -0.2) is 0 Å². The third-order valence-electron chi connectivity index (χ3n) is 5.77. The van der Waals surface area contributed by atoms with Crippen molar-refractivity contribution >= 4 is 53.0 Å². The molecule has 6 radical (unpaired) electrons. The summed E-state index contributed by atoms with van der Waals surface area (Å²) in [6, 6.07) is 0. The van der Waals surface area contributed by atoms with Gasteiger partial charge in [-0.1, -0.05) is 0 Å².